The number of hydrogen-bond donors (Lipinski definition) is 1. The quantitative estimate of drug-likeness (QED) is 0.618. The number of ether oxygens (including phenoxy) is 1. The van der Waals surface area contributed by atoms with E-state index in [4.69, 9.17) is 4.74 Å². The first-order valence-electron chi connectivity index (χ1n) is 4.63. The van der Waals surface area contributed by atoms with Crippen molar-refractivity contribution in [2.75, 3.05) is 0 Å². The third-order valence-corrected chi connectivity index (χ3v) is 2.16. The summed E-state index contributed by atoms with van der Waals surface area (Å²) in [4.78, 5) is 0. The summed E-state index contributed by atoms with van der Waals surface area (Å²) in [5, 5.41) is 9.46. The average molecular weight is 158 g/mol. The van der Waals surface area contributed by atoms with E-state index in [1.165, 1.54) is 0 Å². The first-order chi connectivity index (χ1) is 5.29. The smallest absolute Gasteiger partial charge is 0.110 e. The lowest BCUT2D eigenvalue weighted by molar-refractivity contribution is 0.126. The van der Waals surface area contributed by atoms with Gasteiger partial charge in [0.05, 0.1) is 12.2 Å². The summed E-state index contributed by atoms with van der Waals surface area (Å²) >= 11 is 0. The molecule has 1 heterocycles. The largest absolute Gasteiger partial charge is 0.390 e. The van der Waals surface area contributed by atoms with Gasteiger partial charge in [0.25, 0.3) is 0 Å². The van der Waals surface area contributed by atoms with Crippen molar-refractivity contribution in [1.29, 1.82) is 0 Å². The monoisotopic (exact) mass is 158 g/mol. The summed E-state index contributed by atoms with van der Waals surface area (Å²) in [5.41, 5.74) is 0. The lowest BCUT2D eigenvalue weighted by Crippen LogP contribution is -2.16. The number of aliphatic hydroxyl groups excluding tert-OH is 1. The summed E-state index contributed by atoms with van der Waals surface area (Å²) in [6.07, 6.45) is 4.49. The Labute approximate surface area is 68.6 Å². The molecule has 1 N–H and O–H groups in total. The average Bonchev–Trinajstić information content (AvgIpc) is 2.69. The van der Waals surface area contributed by atoms with E-state index in [9.17, 15) is 5.11 Å². The maximum atomic E-state index is 9.46. The summed E-state index contributed by atoms with van der Waals surface area (Å²) < 4.78 is 5.32. The van der Waals surface area contributed by atoms with Gasteiger partial charge in [-0.15, -0.1) is 0 Å². The Morgan fingerprint density at radius 1 is 1.36 bits per heavy atom. The van der Waals surface area contributed by atoms with E-state index >= 15 is 0 Å². The molecule has 0 aromatic carbocycles. The fraction of sp³-hybridized carbons (Fsp3) is 1.00. The molecule has 66 valence electrons. The van der Waals surface area contributed by atoms with Crippen LogP contribution in [0.3, 0.4) is 0 Å². The summed E-state index contributed by atoms with van der Waals surface area (Å²) in [6.45, 7) is 4.23. The van der Waals surface area contributed by atoms with E-state index in [2.05, 4.69) is 13.8 Å². The van der Waals surface area contributed by atoms with E-state index in [1.807, 2.05) is 0 Å². The van der Waals surface area contributed by atoms with Gasteiger partial charge in [0, 0.05) is 0 Å². The van der Waals surface area contributed by atoms with Crippen molar-refractivity contribution in [2.45, 2.75) is 57.8 Å². The molecule has 0 bridgehead atoms. The van der Waals surface area contributed by atoms with Crippen LogP contribution in [0.25, 0.3) is 0 Å². The first kappa shape index (κ1) is 9.01. The third-order valence-electron chi connectivity index (χ3n) is 2.16. The van der Waals surface area contributed by atoms with Crippen molar-refractivity contribution in [3.63, 3.8) is 0 Å². The third kappa shape index (κ3) is 2.46. The van der Waals surface area contributed by atoms with E-state index < -0.39 is 0 Å². The van der Waals surface area contributed by atoms with Crippen LogP contribution in [0.1, 0.15) is 39.5 Å². The highest BCUT2D eigenvalue weighted by Gasteiger charge is 2.42. The molecule has 0 aliphatic carbocycles. The minimum atomic E-state index is -0.212. The Kier molecular flexibility index (Phi) is 3.34. The maximum absolute atomic E-state index is 9.46. The molecule has 11 heavy (non-hydrogen) atoms. The molecule has 1 unspecified atom stereocenters. The lowest BCUT2D eigenvalue weighted by Gasteiger charge is -2.03. The molecule has 0 radical (unpaired) electrons. The van der Waals surface area contributed by atoms with Crippen LogP contribution >= 0.6 is 0 Å². The molecular weight excluding hydrogens is 140 g/mol. The normalized spacial score (nSPS) is 31.9. The molecule has 2 heteroatoms. The van der Waals surface area contributed by atoms with Gasteiger partial charge in [-0.2, -0.15) is 0 Å². The second-order valence-electron chi connectivity index (χ2n) is 3.28. The number of epoxide rings is 1. The van der Waals surface area contributed by atoms with Crippen LogP contribution in [-0.2, 0) is 4.74 Å². The number of rotatable bonds is 5. The van der Waals surface area contributed by atoms with E-state index in [-0.39, 0.29) is 12.2 Å². The van der Waals surface area contributed by atoms with Crippen molar-refractivity contribution in [3.8, 4) is 0 Å². The second-order valence-corrected chi connectivity index (χ2v) is 3.28. The maximum Gasteiger partial charge on any atom is 0.110 e. The predicted molar refractivity (Wildman–Crippen MR) is 44.5 cm³/mol. The summed E-state index contributed by atoms with van der Waals surface area (Å²) in [7, 11) is 0. The van der Waals surface area contributed by atoms with Gasteiger partial charge >= 0.3 is 0 Å². The predicted octanol–water partition coefficient (Wildman–Crippen LogP) is 1.71. The Morgan fingerprint density at radius 2 is 2.09 bits per heavy atom. The first-order valence-corrected chi connectivity index (χ1v) is 4.63. The van der Waals surface area contributed by atoms with Crippen molar-refractivity contribution in [2.24, 2.45) is 0 Å². The minimum Gasteiger partial charge on any atom is -0.390 e. The highest BCUT2D eigenvalue weighted by molar-refractivity contribution is 4.89. The molecule has 1 fully saturated rings. The Morgan fingerprint density at radius 3 is 2.64 bits per heavy atom. The van der Waals surface area contributed by atoms with Gasteiger partial charge in [0.15, 0.2) is 0 Å². The molecule has 1 aliphatic heterocycles. The van der Waals surface area contributed by atoms with Crippen LogP contribution in [0.15, 0.2) is 0 Å². The zero-order valence-corrected chi connectivity index (χ0v) is 7.42. The van der Waals surface area contributed by atoms with Crippen LogP contribution in [0.2, 0.25) is 0 Å². The molecule has 1 aliphatic rings. The number of aliphatic hydroxyl groups is 1. The Balaban J connectivity index is 2.10. The van der Waals surface area contributed by atoms with Crippen LogP contribution in [-0.4, -0.2) is 23.4 Å². The molecule has 0 saturated carbocycles. The fourth-order valence-electron chi connectivity index (χ4n) is 1.47. The second kappa shape index (κ2) is 4.07. The molecule has 1 saturated heterocycles. The van der Waals surface area contributed by atoms with Gasteiger partial charge in [-0.25, -0.2) is 0 Å². The van der Waals surface area contributed by atoms with Gasteiger partial charge < -0.3 is 9.84 Å². The molecule has 0 aromatic rings. The Hall–Kier alpha value is -0.0800. The standard InChI is InChI=1S/C9H18O2/c1-3-5-7(10)9-8(11-9)6-4-2/h7-10H,3-6H2,1-2H3/t7?,8-,9-/m0/s1. The number of hydrogen-bond acceptors (Lipinski definition) is 2. The molecule has 0 amide bonds. The SMILES string of the molecule is CCCC(O)[C@@H]1O[C@H]1CCC. The van der Waals surface area contributed by atoms with Gasteiger partial charge in [0.1, 0.15) is 6.10 Å². The van der Waals surface area contributed by atoms with Crippen LogP contribution in [0.4, 0.5) is 0 Å². The minimum absolute atomic E-state index is 0.162. The van der Waals surface area contributed by atoms with Gasteiger partial charge in [-0.05, 0) is 12.8 Å². The molecule has 3 atom stereocenters. The van der Waals surface area contributed by atoms with Crippen LogP contribution in [0.5, 0.6) is 0 Å². The van der Waals surface area contributed by atoms with Gasteiger partial charge in [-0.1, -0.05) is 26.7 Å². The molecule has 0 aromatic heterocycles. The van der Waals surface area contributed by atoms with Crippen molar-refractivity contribution < 1.29 is 9.84 Å². The fourth-order valence-corrected chi connectivity index (χ4v) is 1.47. The zero-order chi connectivity index (χ0) is 8.27. The zero-order valence-electron chi connectivity index (χ0n) is 7.42. The highest BCUT2D eigenvalue weighted by Crippen LogP contribution is 2.30. The topological polar surface area (TPSA) is 32.8 Å². The Bertz CT molecular complexity index is 114. The van der Waals surface area contributed by atoms with E-state index in [1.54, 1.807) is 0 Å². The molecular formula is C9H18O2. The summed E-state index contributed by atoms with van der Waals surface area (Å²) in [6, 6.07) is 0. The summed E-state index contributed by atoms with van der Waals surface area (Å²) in [5.74, 6) is 0. The highest BCUT2D eigenvalue weighted by atomic mass is 16.6. The van der Waals surface area contributed by atoms with Crippen molar-refractivity contribution >= 4 is 0 Å². The van der Waals surface area contributed by atoms with Crippen molar-refractivity contribution in [1.82, 2.24) is 0 Å². The van der Waals surface area contributed by atoms with Crippen LogP contribution in [0, 0.1) is 0 Å². The molecule has 0 spiro atoms. The van der Waals surface area contributed by atoms with Crippen LogP contribution < -0.4 is 0 Å². The molecule has 2 nitrogen and oxygen atoms in total. The van der Waals surface area contributed by atoms with Gasteiger partial charge in [-0.3, -0.25) is 0 Å². The van der Waals surface area contributed by atoms with Crippen molar-refractivity contribution in [3.05, 3.63) is 0 Å². The molecule has 1 rings (SSSR count). The van der Waals surface area contributed by atoms with E-state index in [0.29, 0.717) is 6.10 Å². The van der Waals surface area contributed by atoms with E-state index in [0.717, 1.165) is 25.7 Å². The lowest BCUT2D eigenvalue weighted by atomic mass is 10.1. The van der Waals surface area contributed by atoms with Gasteiger partial charge in [0.2, 0.25) is 0 Å².